The zero-order chi connectivity index (χ0) is 22.6. The molecule has 32 heavy (non-hydrogen) atoms. The smallest absolute Gasteiger partial charge is 0.219 e. The van der Waals surface area contributed by atoms with E-state index in [0.717, 1.165) is 40.8 Å². The number of hydrogen-bond acceptors (Lipinski definition) is 4. The van der Waals surface area contributed by atoms with Crippen molar-refractivity contribution in [1.29, 1.82) is 5.26 Å². The van der Waals surface area contributed by atoms with Crippen LogP contribution in [0.15, 0.2) is 36.4 Å². The number of likely N-dealkylation sites (tertiary alicyclic amines) is 1. The molecule has 0 atom stereocenters. The summed E-state index contributed by atoms with van der Waals surface area (Å²) in [5.41, 5.74) is 4.11. The molecule has 1 N–H and O–H groups in total. The predicted molar refractivity (Wildman–Crippen MR) is 121 cm³/mol. The summed E-state index contributed by atoms with van der Waals surface area (Å²) in [6.07, 6.45) is 1.65. The van der Waals surface area contributed by atoms with Crippen molar-refractivity contribution in [1.82, 2.24) is 9.88 Å². The number of carbonyl (C=O) groups is 2. The zero-order valence-corrected chi connectivity index (χ0v) is 18.5. The minimum Gasteiger partial charge on any atom is -0.490 e. The Morgan fingerprint density at radius 2 is 1.94 bits per heavy atom. The van der Waals surface area contributed by atoms with Crippen LogP contribution in [0.5, 0.6) is 5.75 Å². The number of nitriles is 1. The van der Waals surface area contributed by atoms with Crippen LogP contribution in [0, 0.1) is 11.3 Å². The van der Waals surface area contributed by atoms with Crippen LogP contribution in [-0.4, -0.2) is 40.8 Å². The third kappa shape index (κ3) is 3.08. The van der Waals surface area contributed by atoms with Crippen molar-refractivity contribution in [2.45, 2.75) is 45.1 Å². The van der Waals surface area contributed by atoms with Crippen molar-refractivity contribution in [3.63, 3.8) is 0 Å². The lowest BCUT2D eigenvalue weighted by Crippen LogP contribution is -2.40. The predicted octanol–water partition coefficient (Wildman–Crippen LogP) is 4.30. The molecule has 1 aliphatic heterocycles. The summed E-state index contributed by atoms with van der Waals surface area (Å²) >= 11 is 0. The molecular formula is C26H25N3O3. The van der Waals surface area contributed by atoms with Crippen molar-refractivity contribution in [3.8, 4) is 11.8 Å². The number of nitrogens with zero attached hydrogens (tertiary/aromatic N) is 2. The van der Waals surface area contributed by atoms with Gasteiger partial charge in [-0.2, -0.15) is 5.26 Å². The highest BCUT2D eigenvalue weighted by atomic mass is 16.5. The van der Waals surface area contributed by atoms with Gasteiger partial charge in [0, 0.05) is 60.4 Å². The van der Waals surface area contributed by atoms with Crippen LogP contribution in [-0.2, 0) is 10.2 Å². The van der Waals surface area contributed by atoms with Gasteiger partial charge in [-0.1, -0.05) is 19.9 Å². The molecule has 1 amide bonds. The number of piperidine rings is 1. The van der Waals surface area contributed by atoms with Crippen LogP contribution in [0.4, 0.5) is 0 Å². The highest BCUT2D eigenvalue weighted by molar-refractivity contribution is 6.20. The number of aromatic amines is 1. The molecule has 0 bridgehead atoms. The van der Waals surface area contributed by atoms with Crippen molar-refractivity contribution in [2.24, 2.45) is 0 Å². The van der Waals surface area contributed by atoms with E-state index in [1.54, 1.807) is 19.1 Å². The Morgan fingerprint density at radius 3 is 2.62 bits per heavy atom. The molecule has 6 heteroatoms. The first-order valence-electron chi connectivity index (χ1n) is 11.0. The summed E-state index contributed by atoms with van der Waals surface area (Å²) in [6.45, 7) is 7.22. The lowest BCUT2D eigenvalue weighted by atomic mass is 9.71. The van der Waals surface area contributed by atoms with Crippen LogP contribution in [0.3, 0.4) is 0 Å². The average Bonchev–Trinajstić information content (AvgIpc) is 3.18. The zero-order valence-electron chi connectivity index (χ0n) is 18.5. The molecule has 2 aromatic carbocycles. The third-order valence-electron chi connectivity index (χ3n) is 6.88. The number of ether oxygens (including phenoxy) is 1. The fourth-order valence-electron chi connectivity index (χ4n) is 5.03. The van der Waals surface area contributed by atoms with Crippen LogP contribution >= 0.6 is 0 Å². The molecule has 0 radical (unpaired) electrons. The van der Waals surface area contributed by atoms with E-state index in [1.807, 2.05) is 29.2 Å². The number of ketones is 1. The molecule has 0 saturated carbocycles. The number of aromatic nitrogens is 1. The summed E-state index contributed by atoms with van der Waals surface area (Å²) in [5.74, 6) is 0.845. The summed E-state index contributed by atoms with van der Waals surface area (Å²) in [6, 6.07) is 13.3. The number of carbonyl (C=O) groups excluding carboxylic acids is 2. The molecule has 0 unspecified atom stereocenters. The van der Waals surface area contributed by atoms with Crippen molar-refractivity contribution in [2.75, 3.05) is 13.1 Å². The van der Waals surface area contributed by atoms with Crippen LogP contribution in [0.1, 0.15) is 66.4 Å². The average molecular weight is 428 g/mol. The topological polar surface area (TPSA) is 86.2 Å². The maximum Gasteiger partial charge on any atom is 0.219 e. The third-order valence-corrected chi connectivity index (χ3v) is 6.88. The molecule has 1 aromatic heterocycles. The van der Waals surface area contributed by atoms with Crippen molar-refractivity contribution >= 4 is 22.6 Å². The first kappa shape index (κ1) is 20.3. The van der Waals surface area contributed by atoms with E-state index in [0.29, 0.717) is 29.8 Å². The minimum atomic E-state index is -0.429. The number of H-pyrrole nitrogens is 1. The maximum atomic E-state index is 13.5. The standard InChI is InChI=1S/C26H25N3O3/c1-15(30)29-10-8-17(9-11-29)32-18-5-7-19-21(13-18)26(2,3)25-23(24(19)31)20-6-4-16(14-27)12-22(20)28-25/h4-7,12-13,17,28H,8-11H2,1-3H3. The summed E-state index contributed by atoms with van der Waals surface area (Å²) in [7, 11) is 0. The molecular weight excluding hydrogens is 402 g/mol. The second-order valence-corrected chi connectivity index (χ2v) is 9.23. The lowest BCUT2D eigenvalue weighted by molar-refractivity contribution is -0.130. The van der Waals surface area contributed by atoms with Gasteiger partial charge in [0.1, 0.15) is 11.9 Å². The summed E-state index contributed by atoms with van der Waals surface area (Å²) in [5, 5.41) is 10.1. The van der Waals surface area contributed by atoms with E-state index in [2.05, 4.69) is 24.9 Å². The van der Waals surface area contributed by atoms with Gasteiger partial charge in [0.2, 0.25) is 5.91 Å². The van der Waals surface area contributed by atoms with E-state index in [-0.39, 0.29) is 17.8 Å². The van der Waals surface area contributed by atoms with E-state index >= 15 is 0 Å². The van der Waals surface area contributed by atoms with Crippen LogP contribution in [0.25, 0.3) is 10.9 Å². The van der Waals surface area contributed by atoms with Crippen molar-refractivity contribution in [3.05, 3.63) is 64.3 Å². The van der Waals surface area contributed by atoms with Gasteiger partial charge in [0.25, 0.3) is 0 Å². The molecule has 1 fully saturated rings. The number of benzene rings is 2. The monoisotopic (exact) mass is 427 g/mol. The SMILES string of the molecule is CC(=O)N1CCC(Oc2ccc3c(c2)C(C)(C)c2[nH]c4cc(C#N)ccc4c2C3=O)CC1. The van der Waals surface area contributed by atoms with E-state index < -0.39 is 5.41 Å². The van der Waals surface area contributed by atoms with Gasteiger partial charge in [-0.05, 0) is 35.9 Å². The minimum absolute atomic E-state index is 0.00778. The number of nitrogens with one attached hydrogen (secondary N) is 1. The highest BCUT2D eigenvalue weighted by Gasteiger charge is 2.40. The Balaban J connectivity index is 1.49. The Bertz CT molecular complexity index is 1300. The fourth-order valence-corrected chi connectivity index (χ4v) is 5.03. The van der Waals surface area contributed by atoms with E-state index in [4.69, 9.17) is 4.74 Å². The summed E-state index contributed by atoms with van der Waals surface area (Å²) in [4.78, 5) is 30.3. The molecule has 5 rings (SSSR count). The maximum absolute atomic E-state index is 13.5. The Labute approximate surface area is 186 Å². The van der Waals surface area contributed by atoms with Gasteiger partial charge in [-0.25, -0.2) is 0 Å². The van der Waals surface area contributed by atoms with Gasteiger partial charge >= 0.3 is 0 Å². The second-order valence-electron chi connectivity index (χ2n) is 9.23. The molecule has 1 aliphatic carbocycles. The molecule has 1 saturated heterocycles. The molecule has 3 aromatic rings. The lowest BCUT2D eigenvalue weighted by Gasteiger charge is -2.34. The Kier molecular flexibility index (Phi) is 4.59. The normalized spacial score (nSPS) is 17.6. The van der Waals surface area contributed by atoms with E-state index in [1.165, 1.54) is 0 Å². The Hall–Kier alpha value is -3.59. The molecule has 6 nitrogen and oxygen atoms in total. The molecule has 2 heterocycles. The first-order chi connectivity index (χ1) is 15.3. The largest absolute Gasteiger partial charge is 0.490 e. The summed E-state index contributed by atoms with van der Waals surface area (Å²) < 4.78 is 6.26. The molecule has 162 valence electrons. The molecule has 2 aliphatic rings. The number of amides is 1. The van der Waals surface area contributed by atoms with Crippen LogP contribution in [0.2, 0.25) is 0 Å². The van der Waals surface area contributed by atoms with Crippen LogP contribution < -0.4 is 4.74 Å². The number of fused-ring (bicyclic) bond motifs is 4. The fraction of sp³-hybridized carbons (Fsp3) is 0.346. The highest BCUT2D eigenvalue weighted by Crippen LogP contribution is 2.44. The van der Waals surface area contributed by atoms with Gasteiger partial charge < -0.3 is 14.6 Å². The number of rotatable bonds is 2. The van der Waals surface area contributed by atoms with E-state index in [9.17, 15) is 14.9 Å². The van der Waals surface area contributed by atoms with Crippen molar-refractivity contribution < 1.29 is 14.3 Å². The number of hydrogen-bond donors (Lipinski definition) is 1. The van der Waals surface area contributed by atoms with Gasteiger partial charge in [-0.15, -0.1) is 0 Å². The first-order valence-corrected chi connectivity index (χ1v) is 11.0. The van der Waals surface area contributed by atoms with Gasteiger partial charge in [-0.3, -0.25) is 9.59 Å². The van der Waals surface area contributed by atoms with Gasteiger partial charge in [0.05, 0.1) is 17.2 Å². The molecule has 0 spiro atoms. The second kappa shape index (κ2) is 7.23. The quantitative estimate of drug-likeness (QED) is 0.661. The Morgan fingerprint density at radius 1 is 1.19 bits per heavy atom. The van der Waals surface area contributed by atoms with Gasteiger partial charge in [0.15, 0.2) is 5.78 Å².